The zero-order valence-electron chi connectivity index (χ0n) is 12.4. The fourth-order valence-corrected chi connectivity index (χ4v) is 3.44. The Hall–Kier alpha value is 0.217. The van der Waals surface area contributed by atoms with Gasteiger partial charge in [-0.05, 0) is 0 Å². The molecule has 0 unspecified atom stereocenters. The van der Waals surface area contributed by atoms with E-state index in [1.54, 1.807) is 0 Å². The molecule has 0 fully saturated rings. The molecule has 0 aliphatic carbocycles. The standard InChI is InChI=1S/C16H34Si/c1-3-5-7-9-11-13-15-17-16-14-12-10-8-6-4-2/h3-16H2,1-2H3. The summed E-state index contributed by atoms with van der Waals surface area (Å²) in [6.07, 6.45) is 17.5. The van der Waals surface area contributed by atoms with Gasteiger partial charge in [-0.3, -0.25) is 0 Å². The molecule has 0 aliphatic rings. The molecule has 0 heterocycles. The SMILES string of the molecule is CCCCCCCC[Si]CCCCCCCC. The third-order valence-corrected chi connectivity index (χ3v) is 4.83. The third-order valence-electron chi connectivity index (χ3n) is 3.41. The van der Waals surface area contributed by atoms with Crippen molar-refractivity contribution >= 4 is 9.52 Å². The van der Waals surface area contributed by atoms with E-state index >= 15 is 0 Å². The molecule has 17 heavy (non-hydrogen) atoms. The maximum absolute atomic E-state index is 2.29. The molecule has 0 bridgehead atoms. The average Bonchev–Trinajstić information content (AvgIpc) is 2.35. The number of hydrogen-bond acceptors (Lipinski definition) is 0. The molecule has 0 amide bonds. The maximum Gasteiger partial charge on any atom is 0.0378 e. The highest BCUT2D eigenvalue weighted by Gasteiger charge is 1.94. The normalized spacial score (nSPS) is 10.9. The van der Waals surface area contributed by atoms with Gasteiger partial charge in [0, 0.05) is 9.52 Å². The molecule has 102 valence electrons. The summed E-state index contributed by atoms with van der Waals surface area (Å²) in [6, 6.07) is 3.03. The number of rotatable bonds is 14. The molecule has 0 spiro atoms. The summed E-state index contributed by atoms with van der Waals surface area (Å²) in [5.74, 6) is 0. The first-order chi connectivity index (χ1) is 8.41. The molecular weight excluding hydrogens is 220 g/mol. The van der Waals surface area contributed by atoms with Crippen molar-refractivity contribution in [3.8, 4) is 0 Å². The van der Waals surface area contributed by atoms with Gasteiger partial charge in [0.25, 0.3) is 0 Å². The Bertz CT molecular complexity index is 109. The van der Waals surface area contributed by atoms with E-state index in [2.05, 4.69) is 13.8 Å². The van der Waals surface area contributed by atoms with E-state index in [-0.39, 0.29) is 0 Å². The topological polar surface area (TPSA) is 0 Å². The van der Waals surface area contributed by atoms with Gasteiger partial charge in [0.2, 0.25) is 0 Å². The second-order valence-corrected chi connectivity index (χ2v) is 6.79. The van der Waals surface area contributed by atoms with Gasteiger partial charge in [0.15, 0.2) is 0 Å². The second-order valence-electron chi connectivity index (χ2n) is 5.29. The van der Waals surface area contributed by atoms with Crippen LogP contribution in [0.25, 0.3) is 0 Å². The maximum atomic E-state index is 2.29. The minimum absolute atomic E-state index is 1.26. The van der Waals surface area contributed by atoms with Crippen molar-refractivity contribution in [1.29, 1.82) is 0 Å². The van der Waals surface area contributed by atoms with Crippen molar-refractivity contribution in [3.63, 3.8) is 0 Å². The van der Waals surface area contributed by atoms with E-state index < -0.39 is 0 Å². The molecule has 0 nitrogen and oxygen atoms in total. The molecule has 0 aromatic rings. The van der Waals surface area contributed by atoms with Gasteiger partial charge in [-0.2, -0.15) is 0 Å². The van der Waals surface area contributed by atoms with E-state index in [0.29, 0.717) is 0 Å². The lowest BCUT2D eigenvalue weighted by molar-refractivity contribution is 0.618. The van der Waals surface area contributed by atoms with E-state index in [9.17, 15) is 0 Å². The Labute approximate surface area is 113 Å². The van der Waals surface area contributed by atoms with Crippen LogP contribution in [0.3, 0.4) is 0 Å². The predicted molar refractivity (Wildman–Crippen MR) is 82.1 cm³/mol. The van der Waals surface area contributed by atoms with Gasteiger partial charge in [0.05, 0.1) is 0 Å². The Balaban J connectivity index is 2.85. The monoisotopic (exact) mass is 254 g/mol. The summed E-state index contributed by atoms with van der Waals surface area (Å²) < 4.78 is 0. The minimum Gasteiger partial charge on any atom is -0.0654 e. The predicted octanol–water partition coefficient (Wildman–Crippen LogP) is 6.25. The smallest absolute Gasteiger partial charge is 0.0378 e. The van der Waals surface area contributed by atoms with Gasteiger partial charge < -0.3 is 0 Å². The van der Waals surface area contributed by atoms with E-state index in [1.807, 2.05) is 0 Å². The molecular formula is C16H34Si. The van der Waals surface area contributed by atoms with Crippen molar-refractivity contribution in [2.45, 2.75) is 103 Å². The lowest BCUT2D eigenvalue weighted by Crippen LogP contribution is -1.90. The van der Waals surface area contributed by atoms with Crippen molar-refractivity contribution in [3.05, 3.63) is 0 Å². The largest absolute Gasteiger partial charge is 0.0654 e. The lowest BCUT2D eigenvalue weighted by Gasteiger charge is -2.01. The summed E-state index contributed by atoms with van der Waals surface area (Å²) in [6.45, 7) is 4.59. The van der Waals surface area contributed by atoms with Crippen LogP contribution in [0.2, 0.25) is 12.1 Å². The highest BCUT2D eigenvalue weighted by atomic mass is 28.2. The zero-order valence-corrected chi connectivity index (χ0v) is 13.4. The van der Waals surface area contributed by atoms with Crippen LogP contribution in [-0.2, 0) is 0 Å². The van der Waals surface area contributed by atoms with Crippen molar-refractivity contribution in [1.82, 2.24) is 0 Å². The Morgan fingerprint density at radius 1 is 0.471 bits per heavy atom. The highest BCUT2D eigenvalue weighted by molar-refractivity contribution is 6.35. The molecule has 2 radical (unpaired) electrons. The Morgan fingerprint density at radius 3 is 1.24 bits per heavy atom. The number of unbranched alkanes of at least 4 members (excludes halogenated alkanes) is 10. The van der Waals surface area contributed by atoms with Gasteiger partial charge in [-0.1, -0.05) is 103 Å². The Morgan fingerprint density at radius 2 is 0.824 bits per heavy atom. The first-order valence-electron chi connectivity index (χ1n) is 8.12. The first kappa shape index (κ1) is 17.2. The molecule has 0 aliphatic heterocycles. The van der Waals surface area contributed by atoms with E-state index in [1.165, 1.54) is 98.7 Å². The quantitative estimate of drug-likeness (QED) is 0.254. The van der Waals surface area contributed by atoms with Crippen LogP contribution in [0.15, 0.2) is 0 Å². The molecule has 0 atom stereocenters. The van der Waals surface area contributed by atoms with Crippen LogP contribution >= 0.6 is 0 Å². The van der Waals surface area contributed by atoms with Gasteiger partial charge >= 0.3 is 0 Å². The van der Waals surface area contributed by atoms with Crippen molar-refractivity contribution in [2.75, 3.05) is 0 Å². The van der Waals surface area contributed by atoms with Crippen LogP contribution in [-0.4, -0.2) is 9.52 Å². The molecule has 0 N–H and O–H groups in total. The first-order valence-corrected chi connectivity index (χ1v) is 9.54. The van der Waals surface area contributed by atoms with Crippen LogP contribution in [0.1, 0.15) is 90.9 Å². The summed E-state index contributed by atoms with van der Waals surface area (Å²) in [5.41, 5.74) is 0. The average molecular weight is 255 g/mol. The van der Waals surface area contributed by atoms with Gasteiger partial charge in [-0.15, -0.1) is 0 Å². The third kappa shape index (κ3) is 16.2. The van der Waals surface area contributed by atoms with E-state index in [0.717, 1.165) is 0 Å². The van der Waals surface area contributed by atoms with Crippen LogP contribution in [0, 0.1) is 0 Å². The zero-order chi connectivity index (χ0) is 12.6. The van der Waals surface area contributed by atoms with Crippen molar-refractivity contribution < 1.29 is 0 Å². The number of hydrogen-bond donors (Lipinski definition) is 0. The molecule has 1 heteroatoms. The molecule has 0 aromatic heterocycles. The Kier molecular flexibility index (Phi) is 16.4. The highest BCUT2D eigenvalue weighted by Crippen LogP contribution is 2.10. The van der Waals surface area contributed by atoms with Gasteiger partial charge in [-0.25, -0.2) is 0 Å². The minimum atomic E-state index is 1.26. The molecule has 0 rings (SSSR count). The van der Waals surface area contributed by atoms with Crippen LogP contribution in [0.5, 0.6) is 0 Å². The van der Waals surface area contributed by atoms with E-state index in [4.69, 9.17) is 0 Å². The second kappa shape index (κ2) is 16.2. The summed E-state index contributed by atoms with van der Waals surface area (Å²) in [7, 11) is 1.26. The van der Waals surface area contributed by atoms with Crippen molar-refractivity contribution in [2.24, 2.45) is 0 Å². The molecule has 0 aromatic carbocycles. The molecule has 0 saturated heterocycles. The summed E-state index contributed by atoms with van der Waals surface area (Å²) in [5, 5.41) is 0. The summed E-state index contributed by atoms with van der Waals surface area (Å²) in [4.78, 5) is 0. The van der Waals surface area contributed by atoms with Gasteiger partial charge in [0.1, 0.15) is 0 Å². The summed E-state index contributed by atoms with van der Waals surface area (Å²) >= 11 is 0. The molecule has 0 saturated carbocycles. The fraction of sp³-hybridized carbons (Fsp3) is 1.00. The lowest BCUT2D eigenvalue weighted by atomic mass is 10.1. The van der Waals surface area contributed by atoms with Crippen LogP contribution in [0.4, 0.5) is 0 Å². The fourth-order valence-electron chi connectivity index (χ4n) is 2.19. The van der Waals surface area contributed by atoms with Crippen LogP contribution < -0.4 is 0 Å².